The molecule has 0 aliphatic heterocycles. The molecule has 0 bridgehead atoms. The first-order valence-corrected chi connectivity index (χ1v) is 8.67. The number of carbonyl (C=O) groups is 1. The van der Waals surface area contributed by atoms with Crippen LogP contribution in [0.15, 0.2) is 84.9 Å². The molecular formula is C22H22N2O2. The Balaban J connectivity index is 1.86. The number of ether oxygens (including phenoxy) is 1. The number of urea groups is 1. The number of hydrogen-bond acceptors (Lipinski definition) is 2. The Kier molecular flexibility index (Phi) is 5.88. The lowest BCUT2D eigenvalue weighted by atomic mass is 10.2. The van der Waals surface area contributed by atoms with Gasteiger partial charge in [0, 0.05) is 5.69 Å². The van der Waals surface area contributed by atoms with Crippen molar-refractivity contribution < 1.29 is 9.53 Å². The van der Waals surface area contributed by atoms with Crippen molar-refractivity contribution in [2.45, 2.75) is 13.5 Å². The average Bonchev–Trinajstić information content (AvgIpc) is 2.69. The van der Waals surface area contributed by atoms with E-state index in [1.807, 2.05) is 91.9 Å². The lowest BCUT2D eigenvalue weighted by Gasteiger charge is -2.24. The minimum atomic E-state index is -0.202. The summed E-state index contributed by atoms with van der Waals surface area (Å²) in [7, 11) is 0. The van der Waals surface area contributed by atoms with Gasteiger partial charge in [-0.1, -0.05) is 60.7 Å². The SMILES string of the molecule is CCOc1ccccc1NC(=O)N(Cc1ccccc1)c1ccccc1. The van der Waals surface area contributed by atoms with Gasteiger partial charge in [0.1, 0.15) is 5.75 Å². The van der Waals surface area contributed by atoms with Crippen LogP contribution >= 0.6 is 0 Å². The molecule has 2 amide bonds. The molecular weight excluding hydrogens is 324 g/mol. The summed E-state index contributed by atoms with van der Waals surface area (Å²) in [5.74, 6) is 0.663. The van der Waals surface area contributed by atoms with Gasteiger partial charge in [0.25, 0.3) is 0 Å². The van der Waals surface area contributed by atoms with Gasteiger partial charge in [0.2, 0.25) is 0 Å². The van der Waals surface area contributed by atoms with E-state index in [-0.39, 0.29) is 6.03 Å². The Morgan fingerprint density at radius 3 is 2.19 bits per heavy atom. The maximum absolute atomic E-state index is 13.0. The van der Waals surface area contributed by atoms with Crippen molar-refractivity contribution >= 4 is 17.4 Å². The maximum Gasteiger partial charge on any atom is 0.326 e. The molecule has 0 aliphatic rings. The molecule has 3 rings (SSSR count). The number of para-hydroxylation sites is 3. The Labute approximate surface area is 154 Å². The Morgan fingerprint density at radius 1 is 0.885 bits per heavy atom. The van der Waals surface area contributed by atoms with Crippen LogP contribution in [-0.4, -0.2) is 12.6 Å². The molecule has 3 aromatic rings. The Hall–Kier alpha value is -3.27. The highest BCUT2D eigenvalue weighted by Crippen LogP contribution is 2.25. The van der Waals surface area contributed by atoms with E-state index in [1.165, 1.54) is 0 Å². The van der Waals surface area contributed by atoms with Crippen LogP contribution in [0.2, 0.25) is 0 Å². The van der Waals surface area contributed by atoms with Gasteiger partial charge in [-0.3, -0.25) is 4.90 Å². The second-order valence-electron chi connectivity index (χ2n) is 5.77. The zero-order valence-corrected chi connectivity index (χ0v) is 14.8. The molecule has 0 spiro atoms. The highest BCUT2D eigenvalue weighted by molar-refractivity contribution is 6.02. The highest BCUT2D eigenvalue weighted by atomic mass is 16.5. The third kappa shape index (κ3) is 4.42. The molecule has 4 heteroatoms. The monoisotopic (exact) mass is 346 g/mol. The molecule has 3 aromatic carbocycles. The predicted octanol–water partition coefficient (Wildman–Crippen LogP) is 5.32. The third-order valence-electron chi connectivity index (χ3n) is 3.93. The molecule has 0 saturated carbocycles. The van der Waals surface area contributed by atoms with Crippen LogP contribution in [0.3, 0.4) is 0 Å². The number of hydrogen-bond donors (Lipinski definition) is 1. The molecule has 0 unspecified atom stereocenters. The van der Waals surface area contributed by atoms with Crippen LogP contribution in [0, 0.1) is 0 Å². The Morgan fingerprint density at radius 2 is 1.50 bits per heavy atom. The number of nitrogens with one attached hydrogen (secondary N) is 1. The quantitative estimate of drug-likeness (QED) is 0.656. The number of carbonyl (C=O) groups excluding carboxylic acids is 1. The fourth-order valence-corrected chi connectivity index (χ4v) is 2.69. The molecule has 1 N–H and O–H groups in total. The van der Waals surface area contributed by atoms with Crippen LogP contribution in [0.4, 0.5) is 16.2 Å². The number of benzene rings is 3. The van der Waals surface area contributed by atoms with Crippen LogP contribution in [0.1, 0.15) is 12.5 Å². The standard InChI is InChI=1S/C22H22N2O2/c1-2-26-21-16-10-9-15-20(21)23-22(25)24(19-13-7-4-8-14-19)17-18-11-5-3-6-12-18/h3-16H,2,17H2,1H3,(H,23,25). The van der Waals surface area contributed by atoms with Crippen molar-refractivity contribution in [3.8, 4) is 5.75 Å². The highest BCUT2D eigenvalue weighted by Gasteiger charge is 2.17. The van der Waals surface area contributed by atoms with E-state index in [9.17, 15) is 4.79 Å². The van der Waals surface area contributed by atoms with Crippen molar-refractivity contribution in [2.75, 3.05) is 16.8 Å². The zero-order chi connectivity index (χ0) is 18.2. The van der Waals surface area contributed by atoms with Gasteiger partial charge >= 0.3 is 6.03 Å². The van der Waals surface area contributed by atoms with Crippen molar-refractivity contribution in [1.82, 2.24) is 0 Å². The smallest absolute Gasteiger partial charge is 0.326 e. The largest absolute Gasteiger partial charge is 0.492 e. The molecule has 0 saturated heterocycles. The summed E-state index contributed by atoms with van der Waals surface area (Å²) in [6, 6.07) is 26.8. The van der Waals surface area contributed by atoms with Gasteiger partial charge in [-0.2, -0.15) is 0 Å². The zero-order valence-electron chi connectivity index (χ0n) is 14.8. The lowest BCUT2D eigenvalue weighted by Crippen LogP contribution is -2.34. The second-order valence-corrected chi connectivity index (χ2v) is 5.77. The fraction of sp³-hybridized carbons (Fsp3) is 0.136. The molecule has 0 heterocycles. The summed E-state index contributed by atoms with van der Waals surface area (Å²) in [4.78, 5) is 14.8. The summed E-state index contributed by atoms with van der Waals surface area (Å²) in [5.41, 5.74) is 2.56. The van der Waals surface area contributed by atoms with Crippen molar-refractivity contribution in [1.29, 1.82) is 0 Å². The third-order valence-corrected chi connectivity index (χ3v) is 3.93. The molecule has 132 valence electrons. The molecule has 0 aliphatic carbocycles. The summed E-state index contributed by atoms with van der Waals surface area (Å²) in [5, 5.41) is 2.98. The van der Waals surface area contributed by atoms with Gasteiger partial charge in [-0.25, -0.2) is 4.79 Å². The van der Waals surface area contributed by atoms with Gasteiger partial charge in [0.05, 0.1) is 18.8 Å². The number of nitrogens with zero attached hydrogens (tertiary/aromatic N) is 1. The molecule has 0 aromatic heterocycles. The summed E-state index contributed by atoms with van der Waals surface area (Å²) < 4.78 is 5.61. The summed E-state index contributed by atoms with van der Waals surface area (Å²) >= 11 is 0. The number of rotatable bonds is 6. The van der Waals surface area contributed by atoms with Gasteiger partial charge < -0.3 is 10.1 Å². The minimum Gasteiger partial charge on any atom is -0.492 e. The van der Waals surface area contributed by atoms with E-state index in [2.05, 4.69) is 5.32 Å². The second kappa shape index (κ2) is 8.72. The van der Waals surface area contributed by atoms with Crippen LogP contribution < -0.4 is 15.0 Å². The topological polar surface area (TPSA) is 41.6 Å². The molecule has 0 radical (unpaired) electrons. The maximum atomic E-state index is 13.0. The van der Waals surface area contributed by atoms with Crippen molar-refractivity contribution in [3.05, 3.63) is 90.5 Å². The van der Waals surface area contributed by atoms with E-state index in [0.717, 1.165) is 11.3 Å². The van der Waals surface area contributed by atoms with Crippen molar-refractivity contribution in [3.63, 3.8) is 0 Å². The van der Waals surface area contributed by atoms with E-state index < -0.39 is 0 Å². The number of amides is 2. The van der Waals surface area contributed by atoms with Crippen LogP contribution in [0.25, 0.3) is 0 Å². The van der Waals surface area contributed by atoms with E-state index in [4.69, 9.17) is 4.74 Å². The molecule has 26 heavy (non-hydrogen) atoms. The van der Waals surface area contributed by atoms with Gasteiger partial charge in [0.15, 0.2) is 0 Å². The number of anilines is 2. The van der Waals surface area contributed by atoms with E-state index >= 15 is 0 Å². The summed E-state index contributed by atoms with van der Waals surface area (Å²) in [6.45, 7) is 2.94. The van der Waals surface area contributed by atoms with Gasteiger partial charge in [-0.05, 0) is 36.8 Å². The van der Waals surface area contributed by atoms with Crippen LogP contribution in [-0.2, 0) is 6.54 Å². The van der Waals surface area contributed by atoms with E-state index in [0.29, 0.717) is 24.6 Å². The van der Waals surface area contributed by atoms with Crippen LogP contribution in [0.5, 0.6) is 5.75 Å². The van der Waals surface area contributed by atoms with Crippen molar-refractivity contribution in [2.24, 2.45) is 0 Å². The fourth-order valence-electron chi connectivity index (χ4n) is 2.69. The molecule has 4 nitrogen and oxygen atoms in total. The first kappa shape index (κ1) is 17.5. The molecule has 0 atom stereocenters. The first-order valence-electron chi connectivity index (χ1n) is 8.67. The first-order chi connectivity index (χ1) is 12.8. The predicted molar refractivity (Wildman–Crippen MR) is 106 cm³/mol. The lowest BCUT2D eigenvalue weighted by molar-refractivity contribution is 0.256. The normalized spacial score (nSPS) is 10.2. The minimum absolute atomic E-state index is 0.202. The van der Waals surface area contributed by atoms with Gasteiger partial charge in [-0.15, -0.1) is 0 Å². The molecule has 0 fully saturated rings. The summed E-state index contributed by atoms with van der Waals surface area (Å²) in [6.07, 6.45) is 0. The Bertz CT molecular complexity index is 835. The van der Waals surface area contributed by atoms with E-state index in [1.54, 1.807) is 4.90 Å². The average molecular weight is 346 g/mol.